The second kappa shape index (κ2) is 14.6. The fraction of sp³-hybridized carbons (Fsp3) is 0.517. The van der Waals surface area contributed by atoms with Gasteiger partial charge in [-0.2, -0.15) is 0 Å². The summed E-state index contributed by atoms with van der Waals surface area (Å²) in [5.74, 6) is 0.249. The van der Waals surface area contributed by atoms with Crippen LogP contribution < -0.4 is 14.4 Å². The first-order chi connectivity index (χ1) is 18.6. The highest BCUT2D eigenvalue weighted by Crippen LogP contribution is 2.24. The number of nitrogens with one attached hydrogen (secondary N) is 1. The van der Waals surface area contributed by atoms with Crippen LogP contribution in [0.25, 0.3) is 0 Å². The minimum Gasteiger partial charge on any atom is -0.497 e. The van der Waals surface area contributed by atoms with Gasteiger partial charge < -0.3 is 15.0 Å². The van der Waals surface area contributed by atoms with Crippen molar-refractivity contribution in [3.8, 4) is 5.75 Å². The molecule has 1 fully saturated rings. The van der Waals surface area contributed by atoms with Gasteiger partial charge in [0.25, 0.3) is 0 Å². The molecule has 1 aliphatic rings. The quantitative estimate of drug-likeness (QED) is 0.355. The van der Waals surface area contributed by atoms with Crippen molar-refractivity contribution >= 4 is 39.1 Å². The van der Waals surface area contributed by atoms with E-state index in [0.717, 1.165) is 37.5 Å². The number of carbonyl (C=O) groups excluding carboxylic acids is 2. The molecule has 10 heteroatoms. The summed E-state index contributed by atoms with van der Waals surface area (Å²) in [6.45, 7) is 2.22. The lowest BCUT2D eigenvalue weighted by Gasteiger charge is -2.33. The minimum atomic E-state index is -3.57. The third-order valence-electron chi connectivity index (χ3n) is 7.15. The van der Waals surface area contributed by atoms with Crippen molar-refractivity contribution in [1.29, 1.82) is 0 Å². The SMILES string of the molecule is CC[C@@H](C(=O)NC1CCCCC1)N(Cc1ccccc1Cl)C(=O)CCCN(c1ccc(OC)cc1)S(C)(=O)=O. The Balaban J connectivity index is 1.75. The molecule has 0 bridgehead atoms. The van der Waals surface area contributed by atoms with Gasteiger partial charge in [-0.15, -0.1) is 0 Å². The van der Waals surface area contributed by atoms with E-state index in [-0.39, 0.29) is 43.8 Å². The molecule has 2 aromatic carbocycles. The number of benzene rings is 2. The van der Waals surface area contributed by atoms with Crippen LogP contribution in [0.1, 0.15) is 63.9 Å². The molecule has 0 radical (unpaired) electrons. The number of sulfonamides is 1. The Morgan fingerprint density at radius 2 is 1.74 bits per heavy atom. The van der Waals surface area contributed by atoms with Crippen LogP contribution in [-0.2, 0) is 26.2 Å². The van der Waals surface area contributed by atoms with Crippen molar-refractivity contribution in [3.63, 3.8) is 0 Å². The minimum absolute atomic E-state index is 0.0832. The Morgan fingerprint density at radius 1 is 1.08 bits per heavy atom. The van der Waals surface area contributed by atoms with Crippen molar-refractivity contribution in [1.82, 2.24) is 10.2 Å². The van der Waals surface area contributed by atoms with Gasteiger partial charge in [-0.1, -0.05) is 56.0 Å². The maximum atomic E-state index is 13.6. The van der Waals surface area contributed by atoms with E-state index >= 15 is 0 Å². The van der Waals surface area contributed by atoms with Gasteiger partial charge in [-0.05, 0) is 61.6 Å². The second-order valence-electron chi connectivity index (χ2n) is 10.0. The fourth-order valence-corrected chi connectivity index (χ4v) is 6.19. The van der Waals surface area contributed by atoms with Crippen LogP contribution in [-0.4, -0.2) is 57.1 Å². The lowest BCUT2D eigenvalue weighted by molar-refractivity contribution is -0.141. The van der Waals surface area contributed by atoms with Gasteiger partial charge in [0, 0.05) is 30.6 Å². The Labute approximate surface area is 237 Å². The van der Waals surface area contributed by atoms with E-state index in [0.29, 0.717) is 22.9 Å². The smallest absolute Gasteiger partial charge is 0.243 e. The standard InChI is InChI=1S/C29H40ClN3O5S/c1-4-27(29(35)31-23-12-6-5-7-13-23)32(21-22-11-8-9-14-26(22)30)28(34)15-10-20-33(39(3,36)37)24-16-18-25(38-2)19-17-24/h8-9,11,14,16-19,23,27H,4-7,10,12-13,15,20-21H2,1-3H3,(H,31,35)/t27-/m0/s1. The summed E-state index contributed by atoms with van der Waals surface area (Å²) in [6.07, 6.45) is 7.24. The maximum absolute atomic E-state index is 13.6. The average Bonchev–Trinajstić information content (AvgIpc) is 2.92. The summed E-state index contributed by atoms with van der Waals surface area (Å²) >= 11 is 6.42. The normalized spacial score (nSPS) is 14.9. The molecule has 0 saturated heterocycles. The molecule has 0 aromatic heterocycles. The highest BCUT2D eigenvalue weighted by Gasteiger charge is 2.30. The molecule has 2 amide bonds. The zero-order chi connectivity index (χ0) is 28.4. The molecule has 3 rings (SSSR count). The van der Waals surface area contributed by atoms with Crippen LogP contribution in [0.2, 0.25) is 5.02 Å². The number of halogens is 1. The molecular weight excluding hydrogens is 538 g/mol. The number of anilines is 1. The second-order valence-corrected chi connectivity index (χ2v) is 12.3. The van der Waals surface area contributed by atoms with E-state index < -0.39 is 16.1 Å². The number of rotatable bonds is 13. The van der Waals surface area contributed by atoms with E-state index in [4.69, 9.17) is 16.3 Å². The summed E-state index contributed by atoms with van der Waals surface area (Å²) in [6, 6.07) is 13.5. The Hall–Kier alpha value is -2.78. The highest BCUT2D eigenvalue weighted by atomic mass is 35.5. The number of carbonyl (C=O) groups is 2. The van der Waals surface area contributed by atoms with E-state index in [1.54, 1.807) is 42.3 Å². The Morgan fingerprint density at radius 3 is 2.33 bits per heavy atom. The molecule has 0 heterocycles. The Bertz CT molecular complexity index is 1200. The van der Waals surface area contributed by atoms with Gasteiger partial charge in [-0.3, -0.25) is 13.9 Å². The monoisotopic (exact) mass is 577 g/mol. The number of nitrogens with zero attached hydrogens (tertiary/aromatic N) is 2. The van der Waals surface area contributed by atoms with Crippen LogP contribution in [0.3, 0.4) is 0 Å². The van der Waals surface area contributed by atoms with Gasteiger partial charge in [0.05, 0.1) is 19.1 Å². The average molecular weight is 578 g/mol. The predicted molar refractivity (Wildman–Crippen MR) is 156 cm³/mol. The molecule has 2 aromatic rings. The lowest BCUT2D eigenvalue weighted by Crippen LogP contribution is -2.51. The van der Waals surface area contributed by atoms with Crippen molar-refractivity contribution in [2.45, 2.75) is 76.9 Å². The molecular formula is C29H40ClN3O5S. The number of amides is 2. The summed E-state index contributed by atoms with van der Waals surface area (Å²) in [7, 11) is -2.03. The first kappa shape index (κ1) is 30.8. The molecule has 1 N–H and O–H groups in total. The first-order valence-electron chi connectivity index (χ1n) is 13.6. The summed E-state index contributed by atoms with van der Waals surface area (Å²) in [5.41, 5.74) is 1.25. The van der Waals surface area contributed by atoms with Gasteiger partial charge >= 0.3 is 0 Å². The van der Waals surface area contributed by atoms with Crippen molar-refractivity contribution in [3.05, 3.63) is 59.1 Å². The molecule has 1 saturated carbocycles. The van der Waals surface area contributed by atoms with Crippen LogP contribution in [0, 0.1) is 0 Å². The van der Waals surface area contributed by atoms with Crippen LogP contribution >= 0.6 is 11.6 Å². The van der Waals surface area contributed by atoms with E-state index in [2.05, 4.69) is 5.32 Å². The zero-order valence-electron chi connectivity index (χ0n) is 23.1. The fourth-order valence-electron chi connectivity index (χ4n) is 5.03. The van der Waals surface area contributed by atoms with E-state index in [1.807, 2.05) is 25.1 Å². The van der Waals surface area contributed by atoms with Gasteiger partial charge in [-0.25, -0.2) is 8.42 Å². The molecule has 39 heavy (non-hydrogen) atoms. The predicted octanol–water partition coefficient (Wildman–Crippen LogP) is 5.15. The third kappa shape index (κ3) is 8.86. The number of hydrogen-bond donors (Lipinski definition) is 1. The summed E-state index contributed by atoms with van der Waals surface area (Å²) < 4.78 is 31.5. The van der Waals surface area contributed by atoms with Crippen LogP contribution in [0.15, 0.2) is 48.5 Å². The molecule has 214 valence electrons. The van der Waals surface area contributed by atoms with Crippen molar-refractivity contribution in [2.24, 2.45) is 0 Å². The zero-order valence-corrected chi connectivity index (χ0v) is 24.6. The van der Waals surface area contributed by atoms with Crippen molar-refractivity contribution in [2.75, 3.05) is 24.2 Å². The van der Waals surface area contributed by atoms with E-state index in [9.17, 15) is 18.0 Å². The number of hydrogen-bond acceptors (Lipinski definition) is 5. The number of methoxy groups -OCH3 is 1. The third-order valence-corrected chi connectivity index (χ3v) is 8.71. The van der Waals surface area contributed by atoms with Gasteiger partial charge in [0.2, 0.25) is 21.8 Å². The molecule has 0 aliphatic heterocycles. The van der Waals surface area contributed by atoms with Gasteiger partial charge in [0.15, 0.2) is 0 Å². The molecule has 8 nitrogen and oxygen atoms in total. The molecule has 1 atom stereocenters. The maximum Gasteiger partial charge on any atom is 0.243 e. The van der Waals surface area contributed by atoms with Gasteiger partial charge in [0.1, 0.15) is 11.8 Å². The molecule has 0 spiro atoms. The Kier molecular flexibility index (Phi) is 11.5. The largest absolute Gasteiger partial charge is 0.497 e. The van der Waals surface area contributed by atoms with Crippen molar-refractivity contribution < 1.29 is 22.7 Å². The topological polar surface area (TPSA) is 96.0 Å². The highest BCUT2D eigenvalue weighted by molar-refractivity contribution is 7.92. The summed E-state index contributed by atoms with van der Waals surface area (Å²) in [4.78, 5) is 28.6. The van der Waals surface area contributed by atoms with E-state index in [1.165, 1.54) is 10.7 Å². The summed E-state index contributed by atoms with van der Waals surface area (Å²) in [5, 5.41) is 3.70. The van der Waals surface area contributed by atoms with Crippen LogP contribution in [0.4, 0.5) is 5.69 Å². The first-order valence-corrected chi connectivity index (χ1v) is 15.8. The van der Waals surface area contributed by atoms with Crippen LogP contribution in [0.5, 0.6) is 5.75 Å². The molecule has 0 unspecified atom stereocenters. The lowest BCUT2D eigenvalue weighted by atomic mass is 9.95. The number of ether oxygens (including phenoxy) is 1. The molecule has 1 aliphatic carbocycles.